The average Bonchev–Trinajstić information content (AvgIpc) is 2.97. The quantitative estimate of drug-likeness (QED) is 0.412. The van der Waals surface area contributed by atoms with Gasteiger partial charge in [-0.25, -0.2) is 0 Å². The van der Waals surface area contributed by atoms with Crippen molar-refractivity contribution in [3.8, 4) is 0 Å². The maximum atomic E-state index is 13.9. The number of anilines is 1. The molecule has 3 heteroatoms. The Kier molecular flexibility index (Phi) is 5.63. The highest BCUT2D eigenvalue weighted by molar-refractivity contribution is 6.20. The fourth-order valence-electron chi connectivity index (χ4n) is 4.21. The molecule has 0 aromatic heterocycles. The van der Waals surface area contributed by atoms with E-state index in [0.717, 1.165) is 33.7 Å². The predicted octanol–water partition coefficient (Wildman–Crippen LogP) is 5.68. The van der Waals surface area contributed by atoms with E-state index in [1.807, 2.05) is 77.7 Å². The van der Waals surface area contributed by atoms with Crippen molar-refractivity contribution >= 4 is 17.3 Å². The third-order valence-corrected chi connectivity index (χ3v) is 5.79. The van der Waals surface area contributed by atoms with Crippen molar-refractivity contribution in [1.82, 2.24) is 0 Å². The average molecular weight is 417 g/mol. The highest BCUT2D eigenvalue weighted by Crippen LogP contribution is 2.30. The number of carbonyl (C=O) groups is 1. The van der Waals surface area contributed by atoms with Crippen molar-refractivity contribution < 1.29 is 4.79 Å². The van der Waals surface area contributed by atoms with Crippen molar-refractivity contribution in [3.05, 3.63) is 138 Å². The number of benzene rings is 4. The summed E-state index contributed by atoms with van der Waals surface area (Å²) in [7, 11) is 0. The molecule has 0 bridgehead atoms. The molecule has 1 aliphatic heterocycles. The van der Waals surface area contributed by atoms with E-state index in [0.29, 0.717) is 13.0 Å². The summed E-state index contributed by atoms with van der Waals surface area (Å²) in [4.78, 5) is 20.9. The van der Waals surface area contributed by atoms with Gasteiger partial charge in [-0.1, -0.05) is 109 Å². The van der Waals surface area contributed by atoms with E-state index in [1.165, 1.54) is 0 Å². The second-order valence-corrected chi connectivity index (χ2v) is 7.98. The summed E-state index contributed by atoms with van der Waals surface area (Å²) in [5.41, 5.74) is 5.97. The molecular formula is C29H24N2O. The number of carbonyl (C=O) groups excluding carboxylic acids is 1. The van der Waals surface area contributed by atoms with E-state index in [-0.39, 0.29) is 5.91 Å². The number of benzodiazepines with no additional fused rings is 1. The van der Waals surface area contributed by atoms with Crippen LogP contribution in [0.1, 0.15) is 22.3 Å². The first-order valence-corrected chi connectivity index (χ1v) is 10.9. The minimum absolute atomic E-state index is 0.0242. The lowest BCUT2D eigenvalue weighted by Crippen LogP contribution is -2.38. The number of fused-ring (bicyclic) bond motifs is 1. The maximum Gasteiger partial charge on any atom is 0.252 e. The fourth-order valence-corrected chi connectivity index (χ4v) is 4.21. The largest absolute Gasteiger partial charge is 0.305 e. The Bertz CT molecular complexity index is 1230. The lowest BCUT2D eigenvalue weighted by Gasteiger charge is -2.25. The van der Waals surface area contributed by atoms with Gasteiger partial charge < -0.3 is 4.90 Å². The van der Waals surface area contributed by atoms with E-state index in [1.54, 1.807) is 0 Å². The molecule has 5 rings (SSSR count). The topological polar surface area (TPSA) is 32.7 Å². The van der Waals surface area contributed by atoms with E-state index >= 15 is 0 Å². The number of aliphatic imine (C=N–C) groups is 1. The Hall–Kier alpha value is -3.98. The molecule has 3 nitrogen and oxygen atoms in total. The summed E-state index contributed by atoms with van der Waals surface area (Å²) in [5.74, 6) is 0.0242. The molecule has 1 heterocycles. The van der Waals surface area contributed by atoms with Gasteiger partial charge in [0.1, 0.15) is 6.04 Å². The van der Waals surface area contributed by atoms with E-state index < -0.39 is 6.04 Å². The van der Waals surface area contributed by atoms with Crippen LogP contribution in [-0.4, -0.2) is 17.7 Å². The zero-order valence-corrected chi connectivity index (χ0v) is 17.8. The third kappa shape index (κ3) is 4.10. The molecule has 4 aromatic rings. The van der Waals surface area contributed by atoms with Crippen LogP contribution in [0.3, 0.4) is 0 Å². The first-order chi connectivity index (χ1) is 15.8. The molecule has 4 aromatic carbocycles. The minimum atomic E-state index is -0.497. The number of nitrogens with zero attached hydrogens (tertiary/aromatic N) is 2. The summed E-state index contributed by atoms with van der Waals surface area (Å²) in [6.45, 7) is 0.513. The number of amides is 1. The van der Waals surface area contributed by atoms with Gasteiger partial charge in [0.15, 0.2) is 0 Å². The highest BCUT2D eigenvalue weighted by Gasteiger charge is 2.32. The predicted molar refractivity (Wildman–Crippen MR) is 130 cm³/mol. The van der Waals surface area contributed by atoms with Gasteiger partial charge in [0, 0.05) is 17.5 Å². The summed E-state index contributed by atoms with van der Waals surface area (Å²) in [5, 5.41) is 0. The van der Waals surface area contributed by atoms with Crippen molar-refractivity contribution in [2.75, 3.05) is 4.90 Å². The Morgan fingerprint density at radius 2 is 1.22 bits per heavy atom. The van der Waals surface area contributed by atoms with E-state index in [2.05, 4.69) is 42.5 Å². The monoisotopic (exact) mass is 416 g/mol. The zero-order chi connectivity index (χ0) is 21.8. The van der Waals surface area contributed by atoms with Crippen LogP contribution in [0.2, 0.25) is 0 Å². The molecule has 1 aliphatic rings. The Morgan fingerprint density at radius 1 is 0.656 bits per heavy atom. The van der Waals surface area contributed by atoms with Gasteiger partial charge in [-0.15, -0.1) is 0 Å². The van der Waals surface area contributed by atoms with Crippen LogP contribution in [0.5, 0.6) is 0 Å². The molecule has 0 saturated heterocycles. The summed E-state index contributed by atoms with van der Waals surface area (Å²) < 4.78 is 0. The molecule has 156 valence electrons. The molecule has 32 heavy (non-hydrogen) atoms. The van der Waals surface area contributed by atoms with E-state index in [4.69, 9.17) is 4.99 Å². The molecule has 1 amide bonds. The van der Waals surface area contributed by atoms with Crippen molar-refractivity contribution in [2.24, 2.45) is 4.99 Å². The molecule has 0 N–H and O–H groups in total. The molecular weight excluding hydrogens is 392 g/mol. The minimum Gasteiger partial charge on any atom is -0.305 e. The van der Waals surface area contributed by atoms with E-state index in [9.17, 15) is 4.79 Å². The normalized spacial score (nSPS) is 15.6. The number of hydrogen-bond donors (Lipinski definition) is 0. The number of rotatable bonds is 5. The molecule has 0 aliphatic carbocycles. The lowest BCUT2D eigenvalue weighted by molar-refractivity contribution is -0.119. The lowest BCUT2D eigenvalue weighted by atomic mass is 10.00. The second kappa shape index (κ2) is 9.03. The second-order valence-electron chi connectivity index (χ2n) is 7.98. The first kappa shape index (κ1) is 20.0. The van der Waals surface area contributed by atoms with Gasteiger partial charge in [0.05, 0.1) is 17.9 Å². The summed E-state index contributed by atoms with van der Waals surface area (Å²) >= 11 is 0. The van der Waals surface area contributed by atoms with Crippen LogP contribution in [0.4, 0.5) is 5.69 Å². The Balaban J connectivity index is 1.64. The SMILES string of the molecule is O=C1[C@H](Cc2ccccc2)N=C(c2ccccc2)c2ccccc2N1Cc1ccccc1. The van der Waals surface area contributed by atoms with Gasteiger partial charge in [-0.3, -0.25) is 9.79 Å². The first-order valence-electron chi connectivity index (χ1n) is 10.9. The van der Waals surface area contributed by atoms with Crippen LogP contribution in [0, 0.1) is 0 Å². The van der Waals surface area contributed by atoms with Crippen molar-refractivity contribution in [3.63, 3.8) is 0 Å². The molecule has 0 radical (unpaired) electrons. The van der Waals surface area contributed by atoms with Crippen LogP contribution in [-0.2, 0) is 17.8 Å². The van der Waals surface area contributed by atoms with Crippen LogP contribution < -0.4 is 4.90 Å². The zero-order valence-electron chi connectivity index (χ0n) is 17.8. The molecule has 0 saturated carbocycles. The van der Waals surface area contributed by atoms with Gasteiger partial charge in [0.2, 0.25) is 0 Å². The Morgan fingerprint density at radius 3 is 1.91 bits per heavy atom. The van der Waals surface area contributed by atoms with Crippen molar-refractivity contribution in [1.29, 1.82) is 0 Å². The van der Waals surface area contributed by atoms with Crippen LogP contribution in [0.25, 0.3) is 0 Å². The van der Waals surface area contributed by atoms with Gasteiger partial charge in [0.25, 0.3) is 5.91 Å². The highest BCUT2D eigenvalue weighted by atomic mass is 16.2. The number of hydrogen-bond acceptors (Lipinski definition) is 2. The van der Waals surface area contributed by atoms with Gasteiger partial charge >= 0.3 is 0 Å². The van der Waals surface area contributed by atoms with Crippen molar-refractivity contribution in [2.45, 2.75) is 19.0 Å². The smallest absolute Gasteiger partial charge is 0.252 e. The summed E-state index contributed by atoms with van der Waals surface area (Å²) in [6, 6.07) is 38.0. The third-order valence-electron chi connectivity index (χ3n) is 5.79. The van der Waals surface area contributed by atoms with Gasteiger partial charge in [-0.2, -0.15) is 0 Å². The molecule has 1 atom stereocenters. The molecule has 0 spiro atoms. The summed E-state index contributed by atoms with van der Waals surface area (Å²) in [6.07, 6.45) is 0.565. The molecule has 0 fully saturated rings. The standard InChI is InChI=1S/C29H24N2O/c32-29-26(20-22-12-4-1-5-13-22)30-28(24-16-8-3-9-17-24)25-18-10-11-19-27(25)31(29)21-23-14-6-2-7-15-23/h1-19,26H,20-21H2/t26-/m0/s1. The molecule has 0 unspecified atom stereocenters. The Labute approximate surface area is 188 Å². The van der Waals surface area contributed by atoms with Gasteiger partial charge in [-0.05, 0) is 17.2 Å². The van der Waals surface area contributed by atoms with Crippen LogP contribution in [0.15, 0.2) is 120 Å². The van der Waals surface area contributed by atoms with Crippen LogP contribution >= 0.6 is 0 Å². The number of para-hydroxylation sites is 1. The fraction of sp³-hybridized carbons (Fsp3) is 0.103. The maximum absolute atomic E-state index is 13.9.